The summed E-state index contributed by atoms with van der Waals surface area (Å²) in [6.45, 7) is 8.71. The van der Waals surface area contributed by atoms with Crippen LogP contribution in [0.2, 0.25) is 0 Å². The number of unbranched alkanes of at least 4 members (excludes halogenated alkanes) is 1. The van der Waals surface area contributed by atoms with Gasteiger partial charge in [-0.3, -0.25) is 4.79 Å². The van der Waals surface area contributed by atoms with Gasteiger partial charge in [0.05, 0.1) is 0 Å². The van der Waals surface area contributed by atoms with Crippen molar-refractivity contribution < 1.29 is 6.22 Å². The first-order valence-electron chi connectivity index (χ1n) is 4.43. The third-order valence-corrected chi connectivity index (χ3v) is 0.904. The van der Waals surface area contributed by atoms with Gasteiger partial charge in [-0.25, -0.2) is 0 Å². The standard InChI is InChI=1S/C6H13NO.C3H8.H2/c1-3-4-5-7-6(2)8;1-3-2;/h3-5H2,1-2H3,(H,7,8);3H2,1-2H3;1H. The van der Waals surface area contributed by atoms with Crippen LogP contribution in [-0.4, -0.2) is 12.5 Å². The first-order chi connectivity index (χ1) is 5.18. The topological polar surface area (TPSA) is 29.1 Å². The highest BCUT2D eigenvalue weighted by Crippen LogP contribution is 1.80. The molecule has 0 aromatic heterocycles. The van der Waals surface area contributed by atoms with Gasteiger partial charge >= 0.3 is 0 Å². The molecule has 0 unspecified atom stereocenters. The Hall–Kier alpha value is -0.530. The molecule has 0 atom stereocenters. The molecular formula is C9H23NO. The van der Waals surface area contributed by atoms with E-state index in [9.17, 15) is 4.79 Å². The number of carbonyl (C=O) groups is 1. The molecule has 0 aliphatic rings. The fourth-order valence-electron chi connectivity index (χ4n) is 0.441. The number of amides is 1. The average molecular weight is 161 g/mol. The van der Waals surface area contributed by atoms with Crippen molar-refractivity contribution in [1.82, 2.24) is 5.32 Å². The van der Waals surface area contributed by atoms with Crippen molar-refractivity contribution in [2.75, 3.05) is 6.54 Å². The van der Waals surface area contributed by atoms with Crippen LogP contribution in [0.1, 0.15) is 48.4 Å². The summed E-state index contributed by atoms with van der Waals surface area (Å²) in [6.07, 6.45) is 3.47. The van der Waals surface area contributed by atoms with Crippen LogP contribution in [0.5, 0.6) is 0 Å². The van der Waals surface area contributed by atoms with Gasteiger partial charge in [-0.05, 0) is 6.42 Å². The van der Waals surface area contributed by atoms with Crippen LogP contribution >= 0.6 is 0 Å². The largest absolute Gasteiger partial charge is 0.356 e. The Morgan fingerprint density at radius 1 is 1.36 bits per heavy atom. The molecular weight excluding hydrogens is 138 g/mol. The maximum absolute atomic E-state index is 10.2. The molecule has 0 radical (unpaired) electrons. The highest BCUT2D eigenvalue weighted by molar-refractivity contribution is 5.72. The molecule has 2 heteroatoms. The Labute approximate surface area is 71.9 Å². The molecule has 0 heterocycles. The molecule has 1 amide bonds. The summed E-state index contributed by atoms with van der Waals surface area (Å²) < 4.78 is 0. The van der Waals surface area contributed by atoms with Crippen molar-refractivity contribution in [2.45, 2.75) is 47.0 Å². The van der Waals surface area contributed by atoms with Crippen molar-refractivity contribution in [2.24, 2.45) is 0 Å². The van der Waals surface area contributed by atoms with Crippen molar-refractivity contribution in [3.8, 4) is 0 Å². The van der Waals surface area contributed by atoms with Crippen LogP contribution in [0.4, 0.5) is 0 Å². The van der Waals surface area contributed by atoms with Crippen LogP contribution in [-0.2, 0) is 4.79 Å². The number of nitrogens with one attached hydrogen (secondary N) is 1. The monoisotopic (exact) mass is 161 g/mol. The SMILES string of the molecule is CCC.CCCCNC(C)=O.[HH]. The normalized spacial score (nSPS) is 8.00. The van der Waals surface area contributed by atoms with Gasteiger partial charge in [0.1, 0.15) is 0 Å². The zero-order valence-corrected chi connectivity index (χ0v) is 8.24. The van der Waals surface area contributed by atoms with Crippen LogP contribution in [0.3, 0.4) is 0 Å². The highest BCUT2D eigenvalue weighted by Gasteiger charge is 1.85. The van der Waals surface area contributed by atoms with Gasteiger partial charge in [-0.15, -0.1) is 0 Å². The van der Waals surface area contributed by atoms with Crippen LogP contribution in [0, 0.1) is 0 Å². The maximum atomic E-state index is 10.2. The van der Waals surface area contributed by atoms with Gasteiger partial charge < -0.3 is 5.32 Å². The maximum Gasteiger partial charge on any atom is 0.216 e. The minimum Gasteiger partial charge on any atom is -0.356 e. The van der Waals surface area contributed by atoms with Crippen LogP contribution in [0.25, 0.3) is 0 Å². The number of hydrogen-bond acceptors (Lipinski definition) is 1. The lowest BCUT2D eigenvalue weighted by molar-refractivity contribution is -0.118. The molecule has 0 fully saturated rings. The number of hydrogen-bond donors (Lipinski definition) is 1. The third-order valence-electron chi connectivity index (χ3n) is 0.904. The predicted octanol–water partition coefficient (Wildman–Crippen LogP) is 2.58. The molecule has 11 heavy (non-hydrogen) atoms. The summed E-state index contributed by atoms with van der Waals surface area (Å²) >= 11 is 0. The Morgan fingerprint density at radius 3 is 2.09 bits per heavy atom. The molecule has 70 valence electrons. The minimum absolute atomic E-state index is 0. The fraction of sp³-hybridized carbons (Fsp3) is 0.889. The number of rotatable bonds is 3. The zero-order valence-electron chi connectivity index (χ0n) is 8.24. The Kier molecular flexibility index (Phi) is 14.5. The summed E-state index contributed by atoms with van der Waals surface area (Å²) in [5.74, 6) is 0.0680. The van der Waals surface area contributed by atoms with Crippen molar-refractivity contribution in [3.05, 3.63) is 0 Å². The minimum atomic E-state index is 0. The van der Waals surface area contributed by atoms with Crippen molar-refractivity contribution in [1.29, 1.82) is 0 Å². The molecule has 0 saturated heterocycles. The molecule has 0 aliphatic carbocycles. The summed E-state index contributed by atoms with van der Waals surface area (Å²) in [6, 6.07) is 0. The zero-order chi connectivity index (χ0) is 9.11. The lowest BCUT2D eigenvalue weighted by Crippen LogP contribution is -2.20. The van der Waals surface area contributed by atoms with Gasteiger partial charge in [0.2, 0.25) is 5.91 Å². The Bertz CT molecular complexity index is 86.6. The first-order valence-corrected chi connectivity index (χ1v) is 4.43. The summed E-state index contributed by atoms with van der Waals surface area (Å²) in [5.41, 5.74) is 0. The third kappa shape index (κ3) is 26.4. The van der Waals surface area contributed by atoms with Crippen molar-refractivity contribution >= 4 is 5.91 Å². The lowest BCUT2D eigenvalue weighted by Gasteiger charge is -1.96. The second-order valence-corrected chi connectivity index (χ2v) is 2.54. The van der Waals surface area contributed by atoms with Gasteiger partial charge in [0, 0.05) is 14.9 Å². The summed E-state index contributed by atoms with van der Waals surface area (Å²) in [5, 5.41) is 2.71. The van der Waals surface area contributed by atoms with E-state index in [1.807, 2.05) is 0 Å². The Balaban J connectivity index is -0.000000177. The average Bonchev–Trinajstić information content (AvgIpc) is 1.89. The molecule has 2 nitrogen and oxygen atoms in total. The summed E-state index contributed by atoms with van der Waals surface area (Å²) in [4.78, 5) is 10.2. The quantitative estimate of drug-likeness (QED) is 0.633. The van der Waals surface area contributed by atoms with Gasteiger partial charge in [0.15, 0.2) is 0 Å². The molecule has 0 spiro atoms. The van der Waals surface area contributed by atoms with E-state index in [4.69, 9.17) is 0 Å². The van der Waals surface area contributed by atoms with E-state index < -0.39 is 0 Å². The van der Waals surface area contributed by atoms with E-state index in [1.54, 1.807) is 0 Å². The number of carbonyl (C=O) groups excluding carboxylic acids is 1. The van der Waals surface area contributed by atoms with E-state index in [2.05, 4.69) is 26.1 Å². The first kappa shape index (κ1) is 13.1. The molecule has 0 saturated carbocycles. The predicted molar refractivity (Wildman–Crippen MR) is 51.7 cm³/mol. The van der Waals surface area contributed by atoms with Crippen LogP contribution in [0.15, 0.2) is 0 Å². The molecule has 0 aromatic rings. The van der Waals surface area contributed by atoms with E-state index in [-0.39, 0.29) is 7.33 Å². The molecule has 0 bridgehead atoms. The van der Waals surface area contributed by atoms with Crippen LogP contribution < -0.4 is 5.32 Å². The fourth-order valence-corrected chi connectivity index (χ4v) is 0.441. The summed E-state index contributed by atoms with van der Waals surface area (Å²) in [7, 11) is 0. The molecule has 0 rings (SSSR count). The van der Waals surface area contributed by atoms with E-state index >= 15 is 0 Å². The molecule has 0 aromatic carbocycles. The smallest absolute Gasteiger partial charge is 0.216 e. The lowest BCUT2D eigenvalue weighted by atomic mass is 10.3. The second kappa shape index (κ2) is 12.2. The van der Waals surface area contributed by atoms with Gasteiger partial charge in [-0.2, -0.15) is 0 Å². The van der Waals surface area contributed by atoms with Gasteiger partial charge in [0.25, 0.3) is 0 Å². The molecule has 0 aliphatic heterocycles. The van der Waals surface area contributed by atoms with Gasteiger partial charge in [-0.1, -0.05) is 33.6 Å². The highest BCUT2D eigenvalue weighted by atomic mass is 16.1. The van der Waals surface area contributed by atoms with E-state index in [1.165, 1.54) is 13.3 Å². The van der Waals surface area contributed by atoms with E-state index in [0.29, 0.717) is 0 Å². The van der Waals surface area contributed by atoms with E-state index in [0.717, 1.165) is 19.4 Å². The Morgan fingerprint density at radius 2 is 1.82 bits per heavy atom. The second-order valence-electron chi connectivity index (χ2n) is 2.54. The van der Waals surface area contributed by atoms with Crippen molar-refractivity contribution in [3.63, 3.8) is 0 Å². The molecule has 1 N–H and O–H groups in total.